The highest BCUT2D eigenvalue weighted by Crippen LogP contribution is 2.40. The van der Waals surface area contributed by atoms with Crippen molar-refractivity contribution in [2.75, 3.05) is 18.5 Å². The van der Waals surface area contributed by atoms with Gasteiger partial charge in [0.15, 0.2) is 0 Å². The maximum Gasteiger partial charge on any atom is 0.320 e. The number of fused-ring (bicyclic) bond motifs is 1. The van der Waals surface area contributed by atoms with E-state index in [0.717, 1.165) is 54.9 Å². The third-order valence-electron chi connectivity index (χ3n) is 5.80. The Kier molecular flexibility index (Phi) is 3.94. The standard InChI is InChI=1S/C20H24N4O3/c25-19(21-17(13-9-10-13)20(26)11-27-12-20)22-18-15-7-4-8-16(15)23-24(18)14-5-2-1-3-6-14/h1-3,5-6,13,17,26H,4,7-12H2,(H2,21,22,25). The molecule has 1 aromatic carbocycles. The summed E-state index contributed by atoms with van der Waals surface area (Å²) in [6, 6.07) is 9.27. The molecule has 2 amide bonds. The van der Waals surface area contributed by atoms with Gasteiger partial charge in [0.1, 0.15) is 11.4 Å². The lowest BCUT2D eigenvalue weighted by Crippen LogP contribution is -2.65. The summed E-state index contributed by atoms with van der Waals surface area (Å²) in [6.45, 7) is 0.567. The first-order valence-electron chi connectivity index (χ1n) is 9.68. The fourth-order valence-electron chi connectivity index (χ4n) is 4.17. The molecule has 1 unspecified atom stereocenters. The topological polar surface area (TPSA) is 88.4 Å². The molecule has 1 aromatic heterocycles. The predicted molar refractivity (Wildman–Crippen MR) is 100 cm³/mol. The van der Waals surface area contributed by atoms with Crippen LogP contribution in [0.4, 0.5) is 10.6 Å². The van der Waals surface area contributed by atoms with Crippen LogP contribution >= 0.6 is 0 Å². The highest BCUT2D eigenvalue weighted by molar-refractivity contribution is 5.90. The summed E-state index contributed by atoms with van der Waals surface area (Å²) >= 11 is 0. The van der Waals surface area contributed by atoms with Crippen LogP contribution in [-0.2, 0) is 17.6 Å². The van der Waals surface area contributed by atoms with Gasteiger partial charge < -0.3 is 15.2 Å². The van der Waals surface area contributed by atoms with Gasteiger partial charge >= 0.3 is 6.03 Å². The maximum absolute atomic E-state index is 12.8. The summed E-state index contributed by atoms with van der Waals surface area (Å²) < 4.78 is 7.00. The summed E-state index contributed by atoms with van der Waals surface area (Å²) in [4.78, 5) is 12.8. The molecular weight excluding hydrogens is 344 g/mol. The molecule has 0 bridgehead atoms. The van der Waals surface area contributed by atoms with Crippen LogP contribution in [0.3, 0.4) is 0 Å². The normalized spacial score (nSPS) is 21.2. The summed E-state index contributed by atoms with van der Waals surface area (Å²) in [7, 11) is 0. The Hall–Kier alpha value is -2.38. The Morgan fingerprint density at radius 1 is 1.26 bits per heavy atom. The fraction of sp³-hybridized carbons (Fsp3) is 0.500. The Labute approximate surface area is 157 Å². The summed E-state index contributed by atoms with van der Waals surface area (Å²) in [5.74, 6) is 1.06. The van der Waals surface area contributed by atoms with Crippen LogP contribution in [0.5, 0.6) is 0 Å². The molecule has 7 nitrogen and oxygen atoms in total. The number of aryl methyl sites for hydroxylation is 1. The first-order chi connectivity index (χ1) is 13.1. The molecule has 2 aliphatic carbocycles. The van der Waals surface area contributed by atoms with E-state index in [9.17, 15) is 9.90 Å². The lowest BCUT2D eigenvalue weighted by atomic mass is 9.89. The van der Waals surface area contributed by atoms with E-state index in [0.29, 0.717) is 5.92 Å². The second-order valence-electron chi connectivity index (χ2n) is 7.88. The van der Waals surface area contributed by atoms with Gasteiger partial charge in [-0.2, -0.15) is 5.10 Å². The van der Waals surface area contributed by atoms with Crippen molar-refractivity contribution in [3.8, 4) is 5.69 Å². The average Bonchev–Trinajstić information content (AvgIpc) is 3.29. The number of anilines is 1. The summed E-state index contributed by atoms with van der Waals surface area (Å²) in [6.07, 6.45) is 4.98. The van der Waals surface area contributed by atoms with Crippen LogP contribution in [-0.4, -0.2) is 45.8 Å². The Balaban J connectivity index is 1.39. The molecule has 5 rings (SSSR count). The number of carbonyl (C=O) groups excluding carboxylic acids is 1. The molecule has 1 atom stereocenters. The van der Waals surface area contributed by atoms with Crippen LogP contribution in [0.2, 0.25) is 0 Å². The first kappa shape index (κ1) is 16.8. The number of para-hydroxylation sites is 1. The second kappa shape index (κ2) is 6.35. The van der Waals surface area contributed by atoms with Crippen molar-refractivity contribution >= 4 is 11.8 Å². The number of nitrogens with one attached hydrogen (secondary N) is 2. The first-order valence-corrected chi connectivity index (χ1v) is 9.68. The number of amides is 2. The highest BCUT2D eigenvalue weighted by atomic mass is 16.5. The average molecular weight is 368 g/mol. The predicted octanol–water partition coefficient (Wildman–Crippen LogP) is 2.02. The van der Waals surface area contributed by atoms with Crippen LogP contribution in [0.1, 0.15) is 30.5 Å². The minimum Gasteiger partial charge on any atom is -0.383 e. The minimum absolute atomic E-state index is 0.271. The zero-order valence-electron chi connectivity index (χ0n) is 15.1. The quantitative estimate of drug-likeness (QED) is 0.753. The lowest BCUT2D eigenvalue weighted by Gasteiger charge is -2.43. The number of rotatable bonds is 5. The van der Waals surface area contributed by atoms with Gasteiger partial charge in [0.05, 0.1) is 30.6 Å². The zero-order chi connectivity index (χ0) is 18.4. The van der Waals surface area contributed by atoms with Crippen molar-refractivity contribution < 1.29 is 14.6 Å². The fourth-order valence-corrected chi connectivity index (χ4v) is 4.17. The molecule has 0 spiro atoms. The Morgan fingerprint density at radius 3 is 2.70 bits per heavy atom. The van der Waals surface area contributed by atoms with Gasteiger partial charge in [0.2, 0.25) is 0 Å². The molecule has 1 saturated heterocycles. The molecule has 27 heavy (non-hydrogen) atoms. The molecule has 7 heteroatoms. The van der Waals surface area contributed by atoms with Gasteiger partial charge in [-0.3, -0.25) is 5.32 Å². The van der Waals surface area contributed by atoms with Gasteiger partial charge in [0, 0.05) is 5.56 Å². The molecule has 0 radical (unpaired) electrons. The van der Waals surface area contributed by atoms with Gasteiger partial charge in [-0.25, -0.2) is 9.48 Å². The van der Waals surface area contributed by atoms with Gasteiger partial charge in [-0.15, -0.1) is 0 Å². The number of nitrogens with zero attached hydrogens (tertiary/aromatic N) is 2. The number of benzene rings is 1. The smallest absolute Gasteiger partial charge is 0.320 e. The molecule has 3 N–H and O–H groups in total. The van der Waals surface area contributed by atoms with Crippen LogP contribution in [0.25, 0.3) is 5.69 Å². The SMILES string of the molecule is O=C(Nc1c2c(nn1-c1ccccc1)CCC2)NC(C1CC1)C1(O)COC1. The summed E-state index contributed by atoms with van der Waals surface area (Å²) in [5.41, 5.74) is 2.15. The van der Waals surface area contributed by atoms with Crippen molar-refractivity contribution in [1.29, 1.82) is 0 Å². The van der Waals surface area contributed by atoms with E-state index < -0.39 is 5.60 Å². The third kappa shape index (κ3) is 3.00. The monoisotopic (exact) mass is 368 g/mol. The number of hydrogen-bond acceptors (Lipinski definition) is 4. The van der Waals surface area contributed by atoms with E-state index in [-0.39, 0.29) is 25.3 Å². The molecule has 1 aliphatic heterocycles. The van der Waals surface area contributed by atoms with E-state index in [2.05, 4.69) is 10.6 Å². The molecular formula is C20H24N4O3. The molecule has 3 aliphatic rings. The van der Waals surface area contributed by atoms with Crippen molar-refractivity contribution in [1.82, 2.24) is 15.1 Å². The van der Waals surface area contributed by atoms with Gasteiger partial charge in [-0.05, 0) is 50.2 Å². The third-order valence-corrected chi connectivity index (χ3v) is 5.80. The van der Waals surface area contributed by atoms with E-state index in [4.69, 9.17) is 9.84 Å². The van der Waals surface area contributed by atoms with Crippen LogP contribution in [0, 0.1) is 5.92 Å². The number of hydrogen-bond donors (Lipinski definition) is 3. The van der Waals surface area contributed by atoms with Crippen LogP contribution in [0.15, 0.2) is 30.3 Å². The minimum atomic E-state index is -0.944. The van der Waals surface area contributed by atoms with Crippen molar-refractivity contribution in [3.05, 3.63) is 41.6 Å². The lowest BCUT2D eigenvalue weighted by molar-refractivity contribution is -0.195. The van der Waals surface area contributed by atoms with Crippen molar-refractivity contribution in [2.24, 2.45) is 5.92 Å². The van der Waals surface area contributed by atoms with E-state index in [1.54, 1.807) is 0 Å². The number of aliphatic hydroxyl groups is 1. The van der Waals surface area contributed by atoms with E-state index in [1.165, 1.54) is 0 Å². The number of urea groups is 1. The molecule has 1 saturated carbocycles. The summed E-state index contributed by atoms with van der Waals surface area (Å²) in [5, 5.41) is 21.4. The van der Waals surface area contributed by atoms with Crippen LogP contribution < -0.4 is 10.6 Å². The van der Waals surface area contributed by atoms with Gasteiger partial charge in [-0.1, -0.05) is 18.2 Å². The molecule has 2 aromatic rings. The van der Waals surface area contributed by atoms with Crippen molar-refractivity contribution in [2.45, 2.75) is 43.7 Å². The Bertz CT molecular complexity index is 856. The highest BCUT2D eigenvalue weighted by Gasteiger charge is 2.51. The second-order valence-corrected chi connectivity index (χ2v) is 7.88. The number of carbonyl (C=O) groups is 1. The molecule has 2 fully saturated rings. The largest absolute Gasteiger partial charge is 0.383 e. The van der Waals surface area contributed by atoms with Gasteiger partial charge in [0.25, 0.3) is 0 Å². The van der Waals surface area contributed by atoms with Crippen molar-refractivity contribution in [3.63, 3.8) is 0 Å². The molecule has 2 heterocycles. The number of ether oxygens (including phenoxy) is 1. The van der Waals surface area contributed by atoms with E-state index in [1.807, 2.05) is 35.0 Å². The van der Waals surface area contributed by atoms with E-state index >= 15 is 0 Å². The zero-order valence-corrected chi connectivity index (χ0v) is 15.1. The Morgan fingerprint density at radius 2 is 2.04 bits per heavy atom. The molecule has 142 valence electrons. The maximum atomic E-state index is 12.8. The number of aromatic nitrogens is 2.